The van der Waals surface area contributed by atoms with E-state index in [1.54, 1.807) is 19.3 Å². The number of hydrogen-bond donors (Lipinski definition) is 1. The molecule has 2 aromatic rings. The van der Waals surface area contributed by atoms with E-state index in [0.29, 0.717) is 5.75 Å². The standard InChI is InChI=1S/C22H25NO4/c1-4-17-8-11-19(12-9-17)16(2)23-21(24)15-27-22(25)13-10-18-6-5-7-20(14-18)26-3/h5-14,16H,4,15H2,1-3H3,(H,23,24)/b13-10+/t16-/m1/s1. The van der Waals surface area contributed by atoms with Gasteiger partial charge in [-0.15, -0.1) is 0 Å². The quantitative estimate of drug-likeness (QED) is 0.571. The first kappa shape index (κ1) is 20.2. The topological polar surface area (TPSA) is 64.6 Å². The molecule has 142 valence electrons. The van der Waals surface area contributed by atoms with Crippen LogP contribution in [0.1, 0.15) is 36.6 Å². The van der Waals surface area contributed by atoms with Crippen molar-refractivity contribution in [2.24, 2.45) is 0 Å². The number of nitrogens with one attached hydrogen (secondary N) is 1. The Hall–Kier alpha value is -3.08. The van der Waals surface area contributed by atoms with Crippen LogP contribution < -0.4 is 10.1 Å². The molecule has 0 aromatic heterocycles. The van der Waals surface area contributed by atoms with Gasteiger partial charge in [-0.3, -0.25) is 4.79 Å². The molecule has 0 heterocycles. The van der Waals surface area contributed by atoms with Gasteiger partial charge < -0.3 is 14.8 Å². The third-order valence-corrected chi connectivity index (χ3v) is 4.12. The van der Waals surface area contributed by atoms with Crippen LogP contribution in [0.25, 0.3) is 6.08 Å². The Morgan fingerprint density at radius 1 is 1.15 bits per heavy atom. The van der Waals surface area contributed by atoms with Crippen LogP contribution in [0.4, 0.5) is 0 Å². The van der Waals surface area contributed by atoms with Crippen LogP contribution in [0, 0.1) is 0 Å². The molecule has 0 unspecified atom stereocenters. The third-order valence-electron chi connectivity index (χ3n) is 4.12. The lowest BCUT2D eigenvalue weighted by molar-refractivity contribution is -0.144. The van der Waals surface area contributed by atoms with E-state index in [0.717, 1.165) is 17.5 Å². The van der Waals surface area contributed by atoms with Crippen LogP contribution in [0.5, 0.6) is 5.75 Å². The van der Waals surface area contributed by atoms with Crippen molar-refractivity contribution < 1.29 is 19.1 Å². The minimum Gasteiger partial charge on any atom is -0.497 e. The summed E-state index contributed by atoms with van der Waals surface area (Å²) < 4.78 is 10.1. The molecule has 1 atom stereocenters. The first-order chi connectivity index (χ1) is 13.0. The molecule has 0 radical (unpaired) electrons. The third kappa shape index (κ3) is 6.62. The normalized spacial score (nSPS) is 11.8. The van der Waals surface area contributed by atoms with Crippen molar-refractivity contribution in [3.8, 4) is 5.75 Å². The van der Waals surface area contributed by atoms with Crippen molar-refractivity contribution in [2.45, 2.75) is 26.3 Å². The van der Waals surface area contributed by atoms with Crippen molar-refractivity contribution in [1.29, 1.82) is 0 Å². The van der Waals surface area contributed by atoms with Gasteiger partial charge in [0.2, 0.25) is 0 Å². The maximum atomic E-state index is 12.0. The second-order valence-electron chi connectivity index (χ2n) is 6.10. The van der Waals surface area contributed by atoms with Crippen molar-refractivity contribution in [3.05, 3.63) is 71.3 Å². The first-order valence-electron chi connectivity index (χ1n) is 8.89. The molecule has 0 aliphatic rings. The Balaban J connectivity index is 1.79. The Morgan fingerprint density at radius 3 is 2.56 bits per heavy atom. The number of rotatable bonds is 8. The second-order valence-corrected chi connectivity index (χ2v) is 6.10. The molecule has 0 aliphatic carbocycles. The summed E-state index contributed by atoms with van der Waals surface area (Å²) in [5.74, 6) is -0.219. The number of hydrogen-bond acceptors (Lipinski definition) is 4. The molecule has 2 aromatic carbocycles. The van der Waals surface area contributed by atoms with E-state index in [9.17, 15) is 9.59 Å². The van der Waals surface area contributed by atoms with Crippen LogP contribution in [0.3, 0.4) is 0 Å². The molecule has 1 N–H and O–H groups in total. The number of amides is 1. The minimum absolute atomic E-state index is 0.158. The van der Waals surface area contributed by atoms with Gasteiger partial charge in [0.25, 0.3) is 5.91 Å². The summed E-state index contributed by atoms with van der Waals surface area (Å²) in [5.41, 5.74) is 3.05. The van der Waals surface area contributed by atoms with Crippen molar-refractivity contribution in [1.82, 2.24) is 5.32 Å². The fourth-order valence-electron chi connectivity index (χ4n) is 2.50. The Morgan fingerprint density at radius 2 is 1.89 bits per heavy atom. The highest BCUT2D eigenvalue weighted by molar-refractivity contribution is 5.89. The molecule has 27 heavy (non-hydrogen) atoms. The summed E-state index contributed by atoms with van der Waals surface area (Å²) in [6, 6.07) is 15.2. The fraction of sp³-hybridized carbons (Fsp3) is 0.273. The van der Waals surface area contributed by atoms with Crippen molar-refractivity contribution in [2.75, 3.05) is 13.7 Å². The highest BCUT2D eigenvalue weighted by Gasteiger charge is 2.11. The Bertz CT molecular complexity index is 796. The van der Waals surface area contributed by atoms with Gasteiger partial charge >= 0.3 is 5.97 Å². The van der Waals surface area contributed by atoms with Crippen molar-refractivity contribution in [3.63, 3.8) is 0 Å². The van der Waals surface area contributed by atoms with Gasteiger partial charge in [0.1, 0.15) is 5.75 Å². The van der Waals surface area contributed by atoms with Gasteiger partial charge in [-0.1, -0.05) is 43.3 Å². The van der Waals surface area contributed by atoms with E-state index >= 15 is 0 Å². The molecule has 5 heteroatoms. The lowest BCUT2D eigenvalue weighted by atomic mass is 10.1. The molecule has 0 spiro atoms. The number of esters is 1. The molecule has 0 aliphatic heterocycles. The molecular formula is C22H25NO4. The van der Waals surface area contributed by atoms with Gasteiger partial charge in [0, 0.05) is 6.08 Å². The maximum absolute atomic E-state index is 12.0. The summed E-state index contributed by atoms with van der Waals surface area (Å²) >= 11 is 0. The second kappa shape index (κ2) is 10.2. The summed E-state index contributed by atoms with van der Waals surface area (Å²) in [7, 11) is 1.58. The zero-order chi connectivity index (χ0) is 19.6. The van der Waals surface area contributed by atoms with Crippen LogP contribution in [0.2, 0.25) is 0 Å². The SMILES string of the molecule is CCc1ccc([C@@H](C)NC(=O)COC(=O)/C=C/c2cccc(OC)c2)cc1. The smallest absolute Gasteiger partial charge is 0.331 e. The highest BCUT2D eigenvalue weighted by Crippen LogP contribution is 2.14. The zero-order valence-corrected chi connectivity index (χ0v) is 15.9. The number of methoxy groups -OCH3 is 1. The molecule has 0 saturated heterocycles. The molecule has 2 rings (SSSR count). The van der Waals surface area contributed by atoms with Gasteiger partial charge in [-0.05, 0) is 48.2 Å². The molecular weight excluding hydrogens is 342 g/mol. The average Bonchev–Trinajstić information content (AvgIpc) is 2.70. The van der Waals surface area contributed by atoms with E-state index in [1.807, 2.05) is 49.4 Å². The predicted octanol–water partition coefficient (Wildman–Crippen LogP) is 3.69. The maximum Gasteiger partial charge on any atom is 0.331 e. The molecule has 0 bridgehead atoms. The van der Waals surface area contributed by atoms with Crippen molar-refractivity contribution >= 4 is 18.0 Å². The molecule has 0 saturated carbocycles. The van der Waals surface area contributed by atoms with Gasteiger partial charge in [-0.25, -0.2) is 4.79 Å². The van der Waals surface area contributed by atoms with Gasteiger partial charge in [-0.2, -0.15) is 0 Å². The number of carbonyl (C=O) groups excluding carboxylic acids is 2. The molecule has 0 fully saturated rings. The largest absolute Gasteiger partial charge is 0.497 e. The Labute approximate surface area is 160 Å². The van der Waals surface area contributed by atoms with Gasteiger partial charge in [0.15, 0.2) is 6.61 Å². The van der Waals surface area contributed by atoms with Crippen LogP contribution in [-0.2, 0) is 20.7 Å². The number of benzene rings is 2. The van der Waals surface area contributed by atoms with E-state index in [4.69, 9.17) is 9.47 Å². The van der Waals surface area contributed by atoms with Crippen LogP contribution in [0.15, 0.2) is 54.6 Å². The van der Waals surface area contributed by atoms with Crippen LogP contribution in [-0.4, -0.2) is 25.6 Å². The molecule has 1 amide bonds. The van der Waals surface area contributed by atoms with Gasteiger partial charge in [0.05, 0.1) is 13.2 Å². The van der Waals surface area contributed by atoms with E-state index in [1.165, 1.54) is 11.6 Å². The molecule has 5 nitrogen and oxygen atoms in total. The monoisotopic (exact) mass is 367 g/mol. The minimum atomic E-state index is -0.576. The fourth-order valence-corrected chi connectivity index (χ4v) is 2.50. The highest BCUT2D eigenvalue weighted by atomic mass is 16.5. The number of ether oxygens (including phenoxy) is 2. The van der Waals surface area contributed by atoms with E-state index < -0.39 is 5.97 Å². The summed E-state index contributed by atoms with van der Waals surface area (Å²) in [6.07, 6.45) is 3.87. The number of carbonyl (C=O) groups is 2. The predicted molar refractivity (Wildman–Crippen MR) is 105 cm³/mol. The van der Waals surface area contributed by atoms with E-state index in [-0.39, 0.29) is 18.6 Å². The number of aryl methyl sites for hydroxylation is 1. The first-order valence-corrected chi connectivity index (χ1v) is 8.89. The average molecular weight is 367 g/mol. The summed E-state index contributed by atoms with van der Waals surface area (Å²) in [6.45, 7) is 3.67. The zero-order valence-electron chi connectivity index (χ0n) is 15.9. The Kier molecular flexibility index (Phi) is 7.62. The van der Waals surface area contributed by atoms with E-state index in [2.05, 4.69) is 12.2 Å². The summed E-state index contributed by atoms with van der Waals surface area (Å²) in [4.78, 5) is 23.8. The lowest BCUT2D eigenvalue weighted by Gasteiger charge is -2.14. The summed E-state index contributed by atoms with van der Waals surface area (Å²) in [5, 5.41) is 2.82. The van der Waals surface area contributed by atoms with Crippen LogP contribution >= 0.6 is 0 Å². The lowest BCUT2D eigenvalue weighted by Crippen LogP contribution is -2.30.